The molecular formula is C29H33NO4. The molecule has 34 heavy (non-hydrogen) atoms. The van der Waals surface area contributed by atoms with Crippen molar-refractivity contribution in [1.29, 1.82) is 0 Å². The van der Waals surface area contributed by atoms with Crippen LogP contribution >= 0.6 is 0 Å². The minimum atomic E-state index is -0.943. The third kappa shape index (κ3) is 6.45. The largest absolute Gasteiger partial charge is 0.482 e. The van der Waals surface area contributed by atoms with Gasteiger partial charge in [0.1, 0.15) is 11.9 Å². The summed E-state index contributed by atoms with van der Waals surface area (Å²) < 4.78 is 12.0. The topological polar surface area (TPSA) is 68.7 Å². The molecule has 5 nitrogen and oxygen atoms in total. The molecule has 3 atom stereocenters. The molecule has 1 aliphatic rings. The first-order chi connectivity index (χ1) is 16.6. The molecule has 3 aromatic rings. The number of pyridine rings is 1. The highest BCUT2D eigenvalue weighted by Crippen LogP contribution is 2.35. The maximum Gasteiger partial charge on any atom is 0.341 e. The van der Waals surface area contributed by atoms with E-state index in [4.69, 9.17) is 14.6 Å². The summed E-state index contributed by atoms with van der Waals surface area (Å²) in [7, 11) is 0. The highest BCUT2D eigenvalue weighted by atomic mass is 16.5. The molecule has 0 bridgehead atoms. The van der Waals surface area contributed by atoms with Crippen molar-refractivity contribution in [2.75, 3.05) is 6.61 Å². The van der Waals surface area contributed by atoms with Gasteiger partial charge in [0.25, 0.3) is 0 Å². The summed E-state index contributed by atoms with van der Waals surface area (Å²) in [6.07, 6.45) is 10.1. The van der Waals surface area contributed by atoms with E-state index >= 15 is 0 Å². The van der Waals surface area contributed by atoms with Crippen molar-refractivity contribution in [2.24, 2.45) is 5.92 Å². The van der Waals surface area contributed by atoms with Crippen molar-refractivity contribution >= 4 is 5.97 Å². The number of aromatic nitrogens is 1. The lowest BCUT2D eigenvalue weighted by Crippen LogP contribution is -2.18. The van der Waals surface area contributed by atoms with Gasteiger partial charge in [0.05, 0.1) is 6.10 Å². The highest BCUT2D eigenvalue weighted by Gasteiger charge is 2.22. The van der Waals surface area contributed by atoms with E-state index in [1.807, 2.05) is 42.7 Å². The lowest BCUT2D eigenvalue weighted by molar-refractivity contribution is -0.139. The Balaban J connectivity index is 1.30. The fourth-order valence-corrected chi connectivity index (χ4v) is 4.88. The molecular weight excluding hydrogens is 426 g/mol. The summed E-state index contributed by atoms with van der Waals surface area (Å²) in [5.74, 6) is 0.420. The monoisotopic (exact) mass is 459 g/mol. The number of rotatable bonds is 11. The Kier molecular flexibility index (Phi) is 8.31. The second-order valence-electron chi connectivity index (χ2n) is 9.13. The van der Waals surface area contributed by atoms with Gasteiger partial charge in [-0.05, 0) is 79.0 Å². The second-order valence-corrected chi connectivity index (χ2v) is 9.13. The van der Waals surface area contributed by atoms with Crippen molar-refractivity contribution in [2.45, 2.75) is 57.7 Å². The molecule has 1 aliphatic carbocycles. The molecule has 0 fully saturated rings. The van der Waals surface area contributed by atoms with Gasteiger partial charge < -0.3 is 14.6 Å². The highest BCUT2D eigenvalue weighted by molar-refractivity contribution is 5.68. The van der Waals surface area contributed by atoms with Gasteiger partial charge in [0, 0.05) is 12.4 Å². The predicted molar refractivity (Wildman–Crippen MR) is 132 cm³/mol. The molecule has 0 spiro atoms. The summed E-state index contributed by atoms with van der Waals surface area (Å²) in [5, 5.41) is 8.91. The molecule has 0 amide bonds. The summed E-state index contributed by atoms with van der Waals surface area (Å²) in [6, 6.07) is 20.4. The number of nitrogens with zero attached hydrogens (tertiary/aromatic N) is 1. The average molecular weight is 460 g/mol. The molecule has 1 N–H and O–H groups in total. The van der Waals surface area contributed by atoms with Crippen LogP contribution in [0.15, 0.2) is 73.1 Å². The number of carboxylic acids is 1. The zero-order chi connectivity index (χ0) is 23.8. The van der Waals surface area contributed by atoms with Crippen molar-refractivity contribution in [3.05, 3.63) is 95.3 Å². The van der Waals surface area contributed by atoms with Gasteiger partial charge in [-0.25, -0.2) is 4.79 Å². The first-order valence-electron chi connectivity index (χ1n) is 12.2. The molecule has 1 aromatic heterocycles. The van der Waals surface area contributed by atoms with E-state index in [0.717, 1.165) is 49.0 Å². The minimum absolute atomic E-state index is 0.0926. The van der Waals surface area contributed by atoms with Gasteiger partial charge >= 0.3 is 5.97 Å². The summed E-state index contributed by atoms with van der Waals surface area (Å²) in [5.41, 5.74) is 4.76. The normalized spacial score (nSPS) is 16.9. The van der Waals surface area contributed by atoms with Crippen molar-refractivity contribution < 1.29 is 19.4 Å². The molecule has 0 radical (unpaired) electrons. The lowest BCUT2D eigenvalue weighted by Gasteiger charge is -2.27. The van der Waals surface area contributed by atoms with Crippen LogP contribution in [0.5, 0.6) is 5.75 Å². The zero-order valence-electron chi connectivity index (χ0n) is 19.7. The lowest BCUT2D eigenvalue weighted by atomic mass is 9.81. The average Bonchev–Trinajstić information content (AvgIpc) is 2.87. The Bertz CT molecular complexity index is 1010. The SMILES string of the molecule is CC(CCCC1CCc2c(cccc2OCC(=O)O)C1)OC(c1ccccc1)c1ccncc1. The van der Waals surface area contributed by atoms with E-state index in [0.29, 0.717) is 5.92 Å². The molecule has 5 heteroatoms. The van der Waals surface area contributed by atoms with Crippen LogP contribution in [0.1, 0.15) is 61.0 Å². The van der Waals surface area contributed by atoms with Crippen LogP contribution in [0.2, 0.25) is 0 Å². The second kappa shape index (κ2) is 11.8. The Hall–Kier alpha value is -3.18. The van der Waals surface area contributed by atoms with Gasteiger partial charge in [0.15, 0.2) is 6.61 Å². The molecule has 3 unspecified atom stereocenters. The summed E-state index contributed by atoms with van der Waals surface area (Å²) in [4.78, 5) is 15.0. The Morgan fingerprint density at radius 1 is 1.06 bits per heavy atom. The van der Waals surface area contributed by atoms with Crippen LogP contribution in [-0.2, 0) is 22.4 Å². The standard InChI is InChI=1S/C29H33NO4/c1-21(34-29(23-9-3-2-4-10-23)24-15-17-30-18-16-24)7-5-8-22-13-14-26-25(19-22)11-6-12-27(26)33-20-28(31)32/h2-4,6,9-12,15-18,21-22,29H,5,7-8,13-14,19-20H2,1H3,(H,31,32). The van der Waals surface area contributed by atoms with Gasteiger partial charge in [-0.15, -0.1) is 0 Å². The number of benzene rings is 2. The third-order valence-corrected chi connectivity index (χ3v) is 6.59. The van der Waals surface area contributed by atoms with E-state index in [-0.39, 0.29) is 18.8 Å². The number of hydrogen-bond acceptors (Lipinski definition) is 4. The van der Waals surface area contributed by atoms with E-state index in [1.54, 1.807) is 0 Å². The number of carboxylic acid groups (broad SMARTS) is 1. The van der Waals surface area contributed by atoms with Crippen molar-refractivity contribution in [3.63, 3.8) is 0 Å². The van der Waals surface area contributed by atoms with E-state index in [9.17, 15) is 4.79 Å². The van der Waals surface area contributed by atoms with Crippen LogP contribution in [0.3, 0.4) is 0 Å². The Morgan fingerprint density at radius 2 is 1.82 bits per heavy atom. The van der Waals surface area contributed by atoms with Crippen LogP contribution in [0.25, 0.3) is 0 Å². The summed E-state index contributed by atoms with van der Waals surface area (Å²) >= 11 is 0. The zero-order valence-corrected chi connectivity index (χ0v) is 19.7. The molecule has 0 saturated heterocycles. The molecule has 178 valence electrons. The first-order valence-corrected chi connectivity index (χ1v) is 12.2. The number of ether oxygens (including phenoxy) is 2. The van der Waals surface area contributed by atoms with Gasteiger partial charge in [0.2, 0.25) is 0 Å². The number of fused-ring (bicyclic) bond motifs is 1. The Labute approximate surface area is 201 Å². The Morgan fingerprint density at radius 3 is 2.59 bits per heavy atom. The number of hydrogen-bond donors (Lipinski definition) is 1. The molecule has 0 aliphatic heterocycles. The van der Waals surface area contributed by atoms with E-state index < -0.39 is 5.97 Å². The van der Waals surface area contributed by atoms with Gasteiger partial charge in [-0.3, -0.25) is 4.98 Å². The third-order valence-electron chi connectivity index (χ3n) is 6.59. The van der Waals surface area contributed by atoms with Crippen molar-refractivity contribution in [1.82, 2.24) is 4.98 Å². The van der Waals surface area contributed by atoms with E-state index in [2.05, 4.69) is 42.2 Å². The predicted octanol–water partition coefficient (Wildman–Crippen LogP) is 6.01. The van der Waals surface area contributed by atoms with Crippen LogP contribution in [-0.4, -0.2) is 28.8 Å². The molecule has 4 rings (SSSR count). The van der Waals surface area contributed by atoms with Gasteiger partial charge in [-0.1, -0.05) is 55.3 Å². The summed E-state index contributed by atoms with van der Waals surface area (Å²) in [6.45, 7) is 1.88. The minimum Gasteiger partial charge on any atom is -0.482 e. The quantitative estimate of drug-likeness (QED) is 0.380. The fraction of sp³-hybridized carbons (Fsp3) is 0.379. The number of carbonyl (C=O) groups is 1. The number of aliphatic carboxylic acids is 1. The van der Waals surface area contributed by atoms with Gasteiger partial charge in [-0.2, -0.15) is 0 Å². The van der Waals surface area contributed by atoms with Crippen LogP contribution < -0.4 is 4.74 Å². The van der Waals surface area contributed by atoms with Crippen molar-refractivity contribution in [3.8, 4) is 5.75 Å². The maximum absolute atomic E-state index is 10.9. The van der Waals surface area contributed by atoms with E-state index in [1.165, 1.54) is 17.5 Å². The smallest absolute Gasteiger partial charge is 0.341 e. The van der Waals surface area contributed by atoms with Crippen LogP contribution in [0.4, 0.5) is 0 Å². The maximum atomic E-state index is 10.9. The first kappa shape index (κ1) is 24.0. The van der Waals surface area contributed by atoms with Crippen LogP contribution in [0, 0.1) is 5.92 Å². The molecule has 2 aromatic carbocycles. The fourth-order valence-electron chi connectivity index (χ4n) is 4.88. The molecule has 1 heterocycles. The molecule has 0 saturated carbocycles.